The molecule has 0 saturated carbocycles. The van der Waals surface area contributed by atoms with E-state index in [0.717, 1.165) is 5.56 Å². The van der Waals surface area contributed by atoms with Crippen LogP contribution in [0.1, 0.15) is 5.56 Å². The summed E-state index contributed by atoms with van der Waals surface area (Å²) in [7, 11) is 2.75. The quantitative estimate of drug-likeness (QED) is 0.719. The van der Waals surface area contributed by atoms with Gasteiger partial charge in [-0.2, -0.15) is 0 Å². The predicted octanol–water partition coefficient (Wildman–Crippen LogP) is 0.167. The van der Waals surface area contributed by atoms with Crippen molar-refractivity contribution in [1.29, 1.82) is 0 Å². The summed E-state index contributed by atoms with van der Waals surface area (Å²) in [5.74, 6) is -0.155. The first-order valence-electron chi connectivity index (χ1n) is 4.42. The Morgan fingerprint density at radius 1 is 1.53 bits per heavy atom. The van der Waals surface area contributed by atoms with Gasteiger partial charge in [-0.05, 0) is 5.56 Å². The highest BCUT2D eigenvalue weighted by atomic mass is 16.5. The van der Waals surface area contributed by atoms with Gasteiger partial charge in [-0.1, -0.05) is 6.07 Å². The fraction of sp³-hybridized carbons (Fsp3) is 0.400. The molecule has 1 aromatic rings. The number of ether oxygens (including phenoxy) is 2. The van der Waals surface area contributed by atoms with Crippen LogP contribution in [-0.2, 0) is 16.0 Å². The van der Waals surface area contributed by atoms with Gasteiger partial charge in [0.15, 0.2) is 6.10 Å². The minimum absolute atomic E-state index is 0.184. The molecule has 0 radical (unpaired) electrons. The molecule has 5 heteroatoms. The SMILES string of the molecule is COC(=O)C(O)Cc1ccc(OC)nc1. The number of nitrogens with zero attached hydrogens (tertiary/aromatic N) is 1. The molecular weight excluding hydrogens is 198 g/mol. The van der Waals surface area contributed by atoms with Gasteiger partial charge < -0.3 is 14.6 Å². The van der Waals surface area contributed by atoms with Gasteiger partial charge in [0.1, 0.15) is 0 Å². The van der Waals surface area contributed by atoms with E-state index in [9.17, 15) is 9.90 Å². The van der Waals surface area contributed by atoms with Gasteiger partial charge in [0.25, 0.3) is 0 Å². The number of hydrogen-bond acceptors (Lipinski definition) is 5. The third kappa shape index (κ3) is 3.21. The van der Waals surface area contributed by atoms with E-state index in [1.165, 1.54) is 14.2 Å². The van der Waals surface area contributed by atoms with E-state index in [0.29, 0.717) is 5.88 Å². The first-order chi connectivity index (χ1) is 7.17. The first-order valence-corrected chi connectivity index (χ1v) is 4.42. The number of rotatable bonds is 4. The van der Waals surface area contributed by atoms with Crippen LogP contribution in [0.2, 0.25) is 0 Å². The summed E-state index contributed by atoms with van der Waals surface area (Å²) in [5, 5.41) is 9.36. The molecule has 0 aromatic carbocycles. The maximum absolute atomic E-state index is 10.9. The summed E-state index contributed by atoms with van der Waals surface area (Å²) in [4.78, 5) is 14.9. The van der Waals surface area contributed by atoms with Crippen molar-refractivity contribution in [2.24, 2.45) is 0 Å². The standard InChI is InChI=1S/C10H13NO4/c1-14-9-4-3-7(6-11-9)5-8(12)10(13)15-2/h3-4,6,8,12H,5H2,1-2H3. The maximum Gasteiger partial charge on any atom is 0.335 e. The average Bonchev–Trinajstić information content (AvgIpc) is 2.29. The summed E-state index contributed by atoms with van der Waals surface area (Å²) in [6.45, 7) is 0. The van der Waals surface area contributed by atoms with Gasteiger partial charge in [0, 0.05) is 18.7 Å². The molecule has 5 nitrogen and oxygen atoms in total. The van der Waals surface area contributed by atoms with Crippen molar-refractivity contribution in [3.05, 3.63) is 23.9 Å². The minimum Gasteiger partial charge on any atom is -0.481 e. The highest BCUT2D eigenvalue weighted by Crippen LogP contribution is 2.08. The molecule has 0 spiro atoms. The predicted molar refractivity (Wildman–Crippen MR) is 52.5 cm³/mol. The van der Waals surface area contributed by atoms with Gasteiger partial charge >= 0.3 is 5.97 Å². The van der Waals surface area contributed by atoms with Gasteiger partial charge in [0.2, 0.25) is 5.88 Å². The summed E-state index contributed by atoms with van der Waals surface area (Å²) < 4.78 is 9.27. The topological polar surface area (TPSA) is 68.7 Å². The lowest BCUT2D eigenvalue weighted by Crippen LogP contribution is -2.24. The van der Waals surface area contributed by atoms with Crippen molar-refractivity contribution in [2.75, 3.05) is 14.2 Å². The lowest BCUT2D eigenvalue weighted by Gasteiger charge is -2.07. The van der Waals surface area contributed by atoms with Crippen molar-refractivity contribution < 1.29 is 19.4 Å². The summed E-state index contributed by atoms with van der Waals surface area (Å²) >= 11 is 0. The summed E-state index contributed by atoms with van der Waals surface area (Å²) in [6, 6.07) is 3.40. The molecule has 1 aromatic heterocycles. The zero-order chi connectivity index (χ0) is 11.3. The molecule has 82 valence electrons. The second-order valence-corrected chi connectivity index (χ2v) is 2.95. The molecule has 1 unspecified atom stereocenters. The molecule has 0 bridgehead atoms. The van der Waals surface area contributed by atoms with E-state index in [1.54, 1.807) is 18.3 Å². The van der Waals surface area contributed by atoms with E-state index in [1.807, 2.05) is 0 Å². The monoisotopic (exact) mass is 211 g/mol. The van der Waals surface area contributed by atoms with Gasteiger partial charge in [-0.25, -0.2) is 9.78 Å². The normalized spacial score (nSPS) is 11.9. The Morgan fingerprint density at radius 3 is 2.73 bits per heavy atom. The fourth-order valence-electron chi connectivity index (χ4n) is 1.10. The Balaban J connectivity index is 2.60. The zero-order valence-corrected chi connectivity index (χ0v) is 8.64. The molecule has 0 amide bonds. The molecule has 0 aliphatic heterocycles. The molecule has 1 rings (SSSR count). The van der Waals surface area contributed by atoms with Crippen LogP contribution in [0.5, 0.6) is 5.88 Å². The number of esters is 1. The van der Waals surface area contributed by atoms with Gasteiger partial charge in [0.05, 0.1) is 14.2 Å². The van der Waals surface area contributed by atoms with Crippen molar-refractivity contribution >= 4 is 5.97 Å². The molecule has 0 aliphatic rings. The van der Waals surface area contributed by atoms with E-state index in [-0.39, 0.29) is 6.42 Å². The number of hydrogen-bond donors (Lipinski definition) is 1. The Hall–Kier alpha value is -1.62. The number of aliphatic hydroxyl groups excluding tert-OH is 1. The third-order valence-corrected chi connectivity index (χ3v) is 1.91. The maximum atomic E-state index is 10.9. The van der Waals surface area contributed by atoms with Crippen LogP contribution in [0.25, 0.3) is 0 Å². The van der Waals surface area contributed by atoms with Crippen LogP contribution in [0, 0.1) is 0 Å². The van der Waals surface area contributed by atoms with Crippen LogP contribution in [0.4, 0.5) is 0 Å². The second-order valence-electron chi connectivity index (χ2n) is 2.95. The van der Waals surface area contributed by atoms with Crippen LogP contribution in [0.15, 0.2) is 18.3 Å². The number of pyridine rings is 1. The molecule has 1 atom stereocenters. The molecule has 15 heavy (non-hydrogen) atoms. The fourth-order valence-corrected chi connectivity index (χ4v) is 1.10. The Kier molecular flexibility index (Phi) is 4.05. The van der Waals surface area contributed by atoms with Crippen molar-refractivity contribution in [2.45, 2.75) is 12.5 Å². The summed E-state index contributed by atoms with van der Waals surface area (Å²) in [6.07, 6.45) is 0.583. The van der Waals surface area contributed by atoms with Crippen molar-refractivity contribution in [3.8, 4) is 5.88 Å². The summed E-state index contributed by atoms with van der Waals surface area (Å²) in [5.41, 5.74) is 0.744. The first kappa shape index (κ1) is 11.5. The molecule has 1 heterocycles. The van der Waals surface area contributed by atoms with E-state index < -0.39 is 12.1 Å². The Bertz CT molecular complexity index is 323. The molecule has 0 aliphatic carbocycles. The number of carbonyl (C=O) groups excluding carboxylic acids is 1. The second kappa shape index (κ2) is 5.31. The Morgan fingerprint density at radius 2 is 2.27 bits per heavy atom. The molecule has 0 fully saturated rings. The van der Waals surface area contributed by atoms with Gasteiger partial charge in [-0.3, -0.25) is 0 Å². The smallest absolute Gasteiger partial charge is 0.335 e. The number of carbonyl (C=O) groups is 1. The van der Waals surface area contributed by atoms with Crippen LogP contribution in [0.3, 0.4) is 0 Å². The van der Waals surface area contributed by atoms with Gasteiger partial charge in [-0.15, -0.1) is 0 Å². The number of aliphatic hydroxyl groups is 1. The minimum atomic E-state index is -1.15. The van der Waals surface area contributed by atoms with Crippen molar-refractivity contribution in [3.63, 3.8) is 0 Å². The third-order valence-electron chi connectivity index (χ3n) is 1.91. The highest BCUT2D eigenvalue weighted by Gasteiger charge is 2.15. The van der Waals surface area contributed by atoms with E-state index in [4.69, 9.17) is 4.74 Å². The van der Waals surface area contributed by atoms with Crippen LogP contribution >= 0.6 is 0 Å². The zero-order valence-electron chi connectivity index (χ0n) is 8.64. The van der Waals surface area contributed by atoms with Crippen molar-refractivity contribution in [1.82, 2.24) is 4.98 Å². The number of aromatic nitrogens is 1. The average molecular weight is 211 g/mol. The van der Waals surface area contributed by atoms with E-state index >= 15 is 0 Å². The lowest BCUT2D eigenvalue weighted by atomic mass is 10.1. The Labute approximate surface area is 87.7 Å². The number of methoxy groups -OCH3 is 2. The molecule has 1 N–H and O–H groups in total. The molecular formula is C10H13NO4. The highest BCUT2D eigenvalue weighted by molar-refractivity contribution is 5.74. The van der Waals surface area contributed by atoms with E-state index in [2.05, 4.69) is 9.72 Å². The van der Waals surface area contributed by atoms with Crippen LogP contribution in [-0.4, -0.2) is 36.4 Å². The lowest BCUT2D eigenvalue weighted by molar-refractivity contribution is -0.150. The molecule has 0 saturated heterocycles. The largest absolute Gasteiger partial charge is 0.481 e. The van der Waals surface area contributed by atoms with Crippen LogP contribution < -0.4 is 4.74 Å².